The number of Topliss-reactive ketones (excluding diaryl/α,β-unsaturated/α-hetero) is 1. The summed E-state index contributed by atoms with van der Waals surface area (Å²) in [7, 11) is 0. The molecule has 1 aliphatic rings. The number of carbonyl (C=O) groups is 2. The lowest BCUT2D eigenvalue weighted by atomic mass is 9.89. The van der Waals surface area contributed by atoms with E-state index in [2.05, 4.69) is 0 Å². The van der Waals surface area contributed by atoms with Crippen LogP contribution < -0.4 is 4.90 Å². The van der Waals surface area contributed by atoms with Gasteiger partial charge in [0.05, 0.1) is 0 Å². The standard InChI is InChI=1S/C15H19NO3/c1-10(18)11-4-6-13(7-5-11)16-14(19)8-12(9-17)15(16,2)3/h4-7,12,17H,8-9H2,1-3H3. The number of nitrogens with zero attached hydrogens (tertiary/aromatic N) is 1. The molecule has 0 radical (unpaired) electrons. The Morgan fingerprint density at radius 2 is 1.95 bits per heavy atom. The van der Waals surface area contributed by atoms with E-state index < -0.39 is 5.54 Å². The van der Waals surface area contributed by atoms with Gasteiger partial charge in [-0.1, -0.05) is 0 Å². The van der Waals surface area contributed by atoms with Gasteiger partial charge in [-0.05, 0) is 45.0 Å². The molecule has 1 fully saturated rings. The van der Waals surface area contributed by atoms with Gasteiger partial charge in [0.15, 0.2) is 5.78 Å². The van der Waals surface area contributed by atoms with E-state index in [4.69, 9.17) is 0 Å². The molecule has 1 aromatic carbocycles. The van der Waals surface area contributed by atoms with E-state index in [9.17, 15) is 14.7 Å². The molecule has 1 heterocycles. The third-order valence-corrected chi connectivity index (χ3v) is 4.00. The van der Waals surface area contributed by atoms with Gasteiger partial charge in [-0.25, -0.2) is 0 Å². The van der Waals surface area contributed by atoms with Crippen LogP contribution in [0.3, 0.4) is 0 Å². The Labute approximate surface area is 113 Å². The molecule has 0 aromatic heterocycles. The molecule has 4 heteroatoms. The maximum atomic E-state index is 12.1. The fraction of sp³-hybridized carbons (Fsp3) is 0.467. The number of carbonyl (C=O) groups excluding carboxylic acids is 2. The second-order valence-electron chi connectivity index (χ2n) is 5.57. The van der Waals surface area contributed by atoms with Gasteiger partial charge in [-0.3, -0.25) is 9.59 Å². The van der Waals surface area contributed by atoms with Crippen LogP contribution in [0.4, 0.5) is 5.69 Å². The van der Waals surface area contributed by atoms with Gasteiger partial charge in [-0.15, -0.1) is 0 Å². The van der Waals surface area contributed by atoms with Crippen molar-refractivity contribution < 1.29 is 14.7 Å². The number of benzene rings is 1. The van der Waals surface area contributed by atoms with Crippen molar-refractivity contribution in [2.75, 3.05) is 11.5 Å². The zero-order valence-electron chi connectivity index (χ0n) is 11.5. The lowest BCUT2D eigenvalue weighted by molar-refractivity contribution is -0.117. The summed E-state index contributed by atoms with van der Waals surface area (Å²) in [4.78, 5) is 25.1. The summed E-state index contributed by atoms with van der Waals surface area (Å²) >= 11 is 0. The first-order valence-electron chi connectivity index (χ1n) is 6.43. The zero-order chi connectivity index (χ0) is 14.2. The number of aliphatic hydroxyl groups is 1. The molecule has 1 aromatic rings. The number of ketones is 1. The largest absolute Gasteiger partial charge is 0.396 e. The van der Waals surface area contributed by atoms with Crippen LogP contribution in [0.1, 0.15) is 37.6 Å². The topological polar surface area (TPSA) is 57.6 Å². The number of aliphatic hydroxyl groups excluding tert-OH is 1. The van der Waals surface area contributed by atoms with E-state index in [1.807, 2.05) is 13.8 Å². The first kappa shape index (κ1) is 13.7. The summed E-state index contributed by atoms with van der Waals surface area (Å²) in [5.74, 6) is -0.0427. The highest BCUT2D eigenvalue weighted by Gasteiger charge is 2.46. The molecule has 2 rings (SSSR count). The Kier molecular flexibility index (Phi) is 3.45. The van der Waals surface area contributed by atoms with Crippen molar-refractivity contribution in [3.8, 4) is 0 Å². The molecule has 1 amide bonds. The highest BCUT2D eigenvalue weighted by molar-refractivity contribution is 5.99. The SMILES string of the molecule is CC(=O)c1ccc(N2C(=O)CC(CO)C2(C)C)cc1. The third-order valence-electron chi connectivity index (χ3n) is 4.00. The van der Waals surface area contributed by atoms with Gasteiger partial charge in [0.25, 0.3) is 0 Å². The lowest BCUT2D eigenvalue weighted by Gasteiger charge is -2.35. The Bertz CT molecular complexity index is 505. The van der Waals surface area contributed by atoms with E-state index in [0.29, 0.717) is 12.0 Å². The summed E-state index contributed by atoms with van der Waals surface area (Å²) in [6.45, 7) is 5.43. The average Bonchev–Trinajstić information content (AvgIpc) is 2.59. The smallest absolute Gasteiger partial charge is 0.227 e. The Balaban J connectivity index is 2.35. The highest BCUT2D eigenvalue weighted by atomic mass is 16.3. The van der Waals surface area contributed by atoms with Crippen molar-refractivity contribution in [3.63, 3.8) is 0 Å². The predicted octanol–water partition coefficient (Wildman–Crippen LogP) is 2.01. The summed E-state index contributed by atoms with van der Waals surface area (Å²) in [6, 6.07) is 7.03. The van der Waals surface area contributed by atoms with Gasteiger partial charge in [0.1, 0.15) is 0 Å². The molecule has 102 valence electrons. The monoisotopic (exact) mass is 261 g/mol. The molecule has 0 aliphatic carbocycles. The van der Waals surface area contributed by atoms with Crippen molar-refractivity contribution in [1.82, 2.24) is 0 Å². The van der Waals surface area contributed by atoms with Crippen LogP contribution in [0.2, 0.25) is 0 Å². The fourth-order valence-corrected chi connectivity index (χ4v) is 2.67. The van der Waals surface area contributed by atoms with E-state index >= 15 is 0 Å². The first-order chi connectivity index (χ1) is 8.87. The van der Waals surface area contributed by atoms with E-state index in [1.165, 1.54) is 6.92 Å². The van der Waals surface area contributed by atoms with Crippen LogP contribution in [0.15, 0.2) is 24.3 Å². The molecule has 1 saturated heterocycles. The lowest BCUT2D eigenvalue weighted by Crippen LogP contribution is -2.45. The quantitative estimate of drug-likeness (QED) is 0.847. The van der Waals surface area contributed by atoms with Crippen LogP contribution in [0, 0.1) is 5.92 Å². The van der Waals surface area contributed by atoms with Crippen LogP contribution in [0.25, 0.3) is 0 Å². The van der Waals surface area contributed by atoms with Gasteiger partial charge in [0.2, 0.25) is 5.91 Å². The molecule has 0 bridgehead atoms. The second kappa shape index (κ2) is 4.78. The minimum Gasteiger partial charge on any atom is -0.396 e. The zero-order valence-corrected chi connectivity index (χ0v) is 11.5. The average molecular weight is 261 g/mol. The molecule has 1 aliphatic heterocycles. The number of amides is 1. The maximum Gasteiger partial charge on any atom is 0.227 e. The minimum absolute atomic E-state index is 0.000763. The van der Waals surface area contributed by atoms with Gasteiger partial charge in [-0.2, -0.15) is 0 Å². The second-order valence-corrected chi connectivity index (χ2v) is 5.57. The van der Waals surface area contributed by atoms with Crippen molar-refractivity contribution in [3.05, 3.63) is 29.8 Å². The number of hydrogen-bond donors (Lipinski definition) is 1. The molecule has 1 unspecified atom stereocenters. The van der Waals surface area contributed by atoms with Crippen LogP contribution in [-0.4, -0.2) is 28.9 Å². The Hall–Kier alpha value is -1.68. The van der Waals surface area contributed by atoms with Crippen molar-refractivity contribution in [2.24, 2.45) is 5.92 Å². The Morgan fingerprint density at radius 1 is 1.37 bits per heavy atom. The van der Waals surface area contributed by atoms with Crippen LogP contribution in [-0.2, 0) is 4.79 Å². The molecule has 0 saturated carbocycles. The van der Waals surface area contributed by atoms with Crippen molar-refractivity contribution in [2.45, 2.75) is 32.7 Å². The molecule has 19 heavy (non-hydrogen) atoms. The minimum atomic E-state index is -0.413. The molecule has 0 spiro atoms. The predicted molar refractivity (Wildman–Crippen MR) is 73.2 cm³/mol. The van der Waals surface area contributed by atoms with Crippen molar-refractivity contribution >= 4 is 17.4 Å². The number of rotatable bonds is 3. The highest BCUT2D eigenvalue weighted by Crippen LogP contribution is 2.38. The van der Waals surface area contributed by atoms with Gasteiger partial charge in [0, 0.05) is 35.7 Å². The summed E-state index contributed by atoms with van der Waals surface area (Å²) in [5.41, 5.74) is 0.992. The third kappa shape index (κ3) is 2.28. The van der Waals surface area contributed by atoms with Crippen LogP contribution in [0.5, 0.6) is 0 Å². The summed E-state index contributed by atoms with van der Waals surface area (Å²) < 4.78 is 0. The van der Waals surface area contributed by atoms with E-state index in [0.717, 1.165) is 5.69 Å². The molecule has 1 N–H and O–H groups in total. The molecule has 1 atom stereocenters. The van der Waals surface area contributed by atoms with Crippen LogP contribution >= 0.6 is 0 Å². The van der Waals surface area contributed by atoms with Crippen molar-refractivity contribution in [1.29, 1.82) is 0 Å². The van der Waals surface area contributed by atoms with Gasteiger partial charge >= 0.3 is 0 Å². The molecular weight excluding hydrogens is 242 g/mol. The molecular formula is C15H19NO3. The normalized spacial score (nSPS) is 21.8. The van der Waals surface area contributed by atoms with Gasteiger partial charge < -0.3 is 10.0 Å². The summed E-state index contributed by atoms with van der Waals surface area (Å²) in [5, 5.41) is 9.38. The number of hydrogen-bond acceptors (Lipinski definition) is 3. The van der Waals surface area contributed by atoms with E-state index in [-0.39, 0.29) is 24.2 Å². The first-order valence-corrected chi connectivity index (χ1v) is 6.43. The maximum absolute atomic E-state index is 12.1. The Morgan fingerprint density at radius 3 is 2.37 bits per heavy atom. The van der Waals surface area contributed by atoms with E-state index in [1.54, 1.807) is 29.2 Å². The summed E-state index contributed by atoms with van der Waals surface area (Å²) in [6.07, 6.45) is 0.359. The number of anilines is 1. The molecule has 4 nitrogen and oxygen atoms in total. The fourth-order valence-electron chi connectivity index (χ4n) is 2.67.